The van der Waals surface area contributed by atoms with Crippen molar-refractivity contribution in [2.45, 2.75) is 26.8 Å². The molecular formula is C18H22FN3O3. The van der Waals surface area contributed by atoms with Crippen LogP contribution in [-0.4, -0.2) is 41.8 Å². The normalized spacial score (nSPS) is 15.2. The predicted octanol–water partition coefficient (Wildman–Crippen LogP) is 2.14. The van der Waals surface area contributed by atoms with Gasteiger partial charge in [0, 0.05) is 43.8 Å². The zero-order valence-corrected chi connectivity index (χ0v) is 14.6. The summed E-state index contributed by atoms with van der Waals surface area (Å²) in [6.07, 6.45) is 1.37. The molecule has 6 nitrogen and oxygen atoms in total. The minimum absolute atomic E-state index is 0.0683. The van der Waals surface area contributed by atoms with Crippen molar-refractivity contribution in [3.8, 4) is 0 Å². The van der Waals surface area contributed by atoms with Crippen molar-refractivity contribution in [2.24, 2.45) is 0 Å². The Hall–Kier alpha value is -2.41. The van der Waals surface area contributed by atoms with Gasteiger partial charge in [0.05, 0.1) is 11.2 Å². The van der Waals surface area contributed by atoms with E-state index in [1.165, 1.54) is 12.3 Å². The average Bonchev–Trinajstić information content (AvgIpc) is 2.56. The molecule has 1 aliphatic rings. The molecule has 7 heteroatoms. The fourth-order valence-corrected chi connectivity index (χ4v) is 3.51. The third kappa shape index (κ3) is 2.89. The summed E-state index contributed by atoms with van der Waals surface area (Å²) in [6, 6.07) is 1.12. The molecule has 0 radical (unpaired) electrons. The molecule has 2 N–H and O–H groups in total. The Morgan fingerprint density at radius 1 is 1.32 bits per heavy atom. The van der Waals surface area contributed by atoms with Crippen LogP contribution < -0.4 is 15.6 Å². The van der Waals surface area contributed by atoms with E-state index in [-0.39, 0.29) is 17.0 Å². The van der Waals surface area contributed by atoms with Gasteiger partial charge in [0.25, 0.3) is 0 Å². The molecule has 25 heavy (non-hydrogen) atoms. The number of carboxylic acids is 1. The molecule has 0 unspecified atom stereocenters. The maximum absolute atomic E-state index is 14.9. The van der Waals surface area contributed by atoms with Gasteiger partial charge in [-0.3, -0.25) is 4.79 Å². The molecule has 2 aromatic rings. The molecule has 0 saturated carbocycles. The van der Waals surface area contributed by atoms with Gasteiger partial charge >= 0.3 is 5.97 Å². The van der Waals surface area contributed by atoms with Gasteiger partial charge in [-0.1, -0.05) is 0 Å². The highest BCUT2D eigenvalue weighted by Crippen LogP contribution is 2.32. The monoisotopic (exact) mass is 347 g/mol. The topological polar surface area (TPSA) is 74.6 Å². The zero-order valence-electron chi connectivity index (χ0n) is 14.6. The van der Waals surface area contributed by atoms with Crippen molar-refractivity contribution in [3.05, 3.63) is 39.4 Å². The van der Waals surface area contributed by atoms with Crippen molar-refractivity contribution < 1.29 is 14.3 Å². The maximum Gasteiger partial charge on any atom is 0.341 e. The van der Waals surface area contributed by atoms with Crippen LogP contribution in [0, 0.1) is 12.7 Å². The van der Waals surface area contributed by atoms with E-state index in [1.54, 1.807) is 11.5 Å². The Morgan fingerprint density at radius 3 is 2.52 bits per heavy atom. The third-order valence-corrected chi connectivity index (χ3v) is 4.70. The van der Waals surface area contributed by atoms with Crippen LogP contribution in [-0.2, 0) is 0 Å². The lowest BCUT2D eigenvalue weighted by atomic mass is 10.0. The minimum Gasteiger partial charge on any atom is -0.477 e. The van der Waals surface area contributed by atoms with Gasteiger partial charge < -0.3 is 19.9 Å². The molecule has 3 rings (SSSR count). The number of rotatable bonds is 3. The van der Waals surface area contributed by atoms with Crippen LogP contribution in [0.15, 0.2) is 17.1 Å². The maximum atomic E-state index is 14.9. The average molecular weight is 347 g/mol. The molecule has 0 amide bonds. The molecule has 0 spiro atoms. The molecule has 1 aromatic carbocycles. The van der Waals surface area contributed by atoms with Crippen molar-refractivity contribution in [2.75, 3.05) is 31.1 Å². The van der Waals surface area contributed by atoms with Crippen LogP contribution in [0.25, 0.3) is 10.9 Å². The molecule has 1 aliphatic heterocycles. The summed E-state index contributed by atoms with van der Waals surface area (Å²) in [5, 5.41) is 12.7. The molecule has 0 aliphatic carbocycles. The van der Waals surface area contributed by atoms with E-state index in [0.29, 0.717) is 29.9 Å². The lowest BCUT2D eigenvalue weighted by Crippen LogP contribution is -2.44. The SMILES string of the molecule is Cc1c(N2CCNCC2)c(F)cc2c(=O)c(C(=O)O)cn(C(C)C)c12. The number of anilines is 1. The summed E-state index contributed by atoms with van der Waals surface area (Å²) in [6.45, 7) is 8.51. The van der Waals surface area contributed by atoms with Crippen molar-refractivity contribution >= 4 is 22.6 Å². The first kappa shape index (κ1) is 17.4. The number of aryl methyl sites for hydroxylation is 1. The Morgan fingerprint density at radius 2 is 1.96 bits per heavy atom. The highest BCUT2D eigenvalue weighted by molar-refractivity contribution is 5.95. The lowest BCUT2D eigenvalue weighted by Gasteiger charge is -2.32. The number of hydrogen-bond acceptors (Lipinski definition) is 4. The Balaban J connectivity index is 2.37. The molecular weight excluding hydrogens is 325 g/mol. The van der Waals surface area contributed by atoms with Gasteiger partial charge in [0.2, 0.25) is 5.43 Å². The van der Waals surface area contributed by atoms with Crippen molar-refractivity contribution in [1.29, 1.82) is 0 Å². The number of benzene rings is 1. The molecule has 0 atom stereocenters. The van der Waals surface area contributed by atoms with E-state index in [2.05, 4.69) is 5.32 Å². The fraction of sp³-hybridized carbons (Fsp3) is 0.444. The number of carboxylic acid groups (broad SMARTS) is 1. The zero-order chi connectivity index (χ0) is 18.3. The van der Waals surface area contributed by atoms with E-state index >= 15 is 0 Å². The smallest absolute Gasteiger partial charge is 0.341 e. The van der Waals surface area contributed by atoms with Gasteiger partial charge in [-0.15, -0.1) is 0 Å². The van der Waals surface area contributed by atoms with Gasteiger partial charge in [-0.25, -0.2) is 9.18 Å². The quantitative estimate of drug-likeness (QED) is 0.890. The number of carbonyl (C=O) groups is 1. The number of nitrogens with zero attached hydrogens (tertiary/aromatic N) is 2. The Kier molecular flexibility index (Phi) is 4.51. The van der Waals surface area contributed by atoms with Crippen LogP contribution in [0.5, 0.6) is 0 Å². The third-order valence-electron chi connectivity index (χ3n) is 4.70. The number of piperazine rings is 1. The van der Waals surface area contributed by atoms with Gasteiger partial charge in [0.1, 0.15) is 11.4 Å². The Bertz CT molecular complexity index is 899. The largest absolute Gasteiger partial charge is 0.477 e. The minimum atomic E-state index is -1.30. The molecule has 1 fully saturated rings. The first-order valence-corrected chi connectivity index (χ1v) is 8.39. The predicted molar refractivity (Wildman–Crippen MR) is 95.3 cm³/mol. The molecule has 134 valence electrons. The number of fused-ring (bicyclic) bond motifs is 1. The van der Waals surface area contributed by atoms with Crippen LogP contribution in [0.2, 0.25) is 0 Å². The fourth-order valence-electron chi connectivity index (χ4n) is 3.51. The molecule has 2 heterocycles. The second kappa shape index (κ2) is 6.48. The summed E-state index contributed by atoms with van der Waals surface area (Å²) < 4.78 is 16.6. The van der Waals surface area contributed by atoms with Crippen LogP contribution in [0.4, 0.5) is 10.1 Å². The van der Waals surface area contributed by atoms with E-state index < -0.39 is 17.2 Å². The number of nitrogens with one attached hydrogen (secondary N) is 1. The number of halogens is 1. The summed E-state index contributed by atoms with van der Waals surface area (Å²) in [5.74, 6) is -1.78. The van der Waals surface area contributed by atoms with Crippen molar-refractivity contribution in [1.82, 2.24) is 9.88 Å². The van der Waals surface area contributed by atoms with E-state index in [1.807, 2.05) is 18.7 Å². The first-order valence-electron chi connectivity index (χ1n) is 8.39. The van der Waals surface area contributed by atoms with Gasteiger partial charge in [-0.2, -0.15) is 0 Å². The summed E-state index contributed by atoms with van der Waals surface area (Å²) in [4.78, 5) is 25.9. The molecule has 1 aromatic heterocycles. The standard InChI is InChI=1S/C18H22FN3O3/c1-10(2)22-9-13(18(24)25)17(23)12-8-14(19)16(11(3)15(12)22)21-6-4-20-5-7-21/h8-10,20H,4-7H2,1-3H3,(H,24,25). The van der Waals surface area contributed by atoms with Crippen LogP contribution >= 0.6 is 0 Å². The number of hydrogen-bond donors (Lipinski definition) is 2. The van der Waals surface area contributed by atoms with Gasteiger partial charge in [0.15, 0.2) is 0 Å². The number of pyridine rings is 1. The molecule has 1 saturated heterocycles. The summed E-state index contributed by atoms with van der Waals surface area (Å²) in [5.41, 5.74) is 0.772. The summed E-state index contributed by atoms with van der Waals surface area (Å²) >= 11 is 0. The van der Waals surface area contributed by atoms with Gasteiger partial charge in [-0.05, 0) is 32.4 Å². The second-order valence-electron chi connectivity index (χ2n) is 6.64. The van der Waals surface area contributed by atoms with E-state index in [9.17, 15) is 19.1 Å². The lowest BCUT2D eigenvalue weighted by molar-refractivity contribution is 0.0694. The van der Waals surface area contributed by atoms with Crippen LogP contribution in [0.1, 0.15) is 35.8 Å². The highest BCUT2D eigenvalue weighted by atomic mass is 19.1. The van der Waals surface area contributed by atoms with Crippen LogP contribution in [0.3, 0.4) is 0 Å². The molecule has 0 bridgehead atoms. The first-order chi connectivity index (χ1) is 11.8. The van der Waals surface area contributed by atoms with Crippen molar-refractivity contribution in [3.63, 3.8) is 0 Å². The second-order valence-corrected chi connectivity index (χ2v) is 6.64. The van der Waals surface area contributed by atoms with E-state index in [0.717, 1.165) is 13.1 Å². The highest BCUT2D eigenvalue weighted by Gasteiger charge is 2.24. The Labute approximate surface area is 144 Å². The summed E-state index contributed by atoms with van der Waals surface area (Å²) in [7, 11) is 0. The number of aromatic carboxylic acids is 1. The van der Waals surface area contributed by atoms with E-state index in [4.69, 9.17) is 0 Å². The number of aromatic nitrogens is 1.